The van der Waals surface area contributed by atoms with E-state index in [-0.39, 0.29) is 0 Å². The van der Waals surface area contributed by atoms with E-state index < -0.39 is 0 Å². The van der Waals surface area contributed by atoms with Gasteiger partial charge in [0.25, 0.3) is 0 Å². The molecule has 0 spiro atoms. The Kier molecular flexibility index (Phi) is 5.17. The van der Waals surface area contributed by atoms with Gasteiger partial charge in [0.1, 0.15) is 0 Å². The van der Waals surface area contributed by atoms with E-state index in [1.165, 1.54) is 54.1 Å². The Balaban J connectivity index is 1.49. The molecule has 1 heterocycles. The molecule has 4 rings (SSSR count). The summed E-state index contributed by atoms with van der Waals surface area (Å²) in [5.74, 6) is 0. The Morgan fingerprint density at radius 2 is 1.64 bits per heavy atom. The molecular weight excluding hydrogens is 304 g/mol. The fraction of sp³-hybridized carbons (Fsp3) is 0.391. The van der Waals surface area contributed by atoms with Gasteiger partial charge in [0.2, 0.25) is 0 Å². The average Bonchev–Trinajstić information content (AvgIpc) is 3.10. The van der Waals surface area contributed by atoms with Crippen molar-refractivity contribution in [2.45, 2.75) is 51.1 Å². The third kappa shape index (κ3) is 3.96. The van der Waals surface area contributed by atoms with Crippen molar-refractivity contribution in [2.24, 2.45) is 0 Å². The van der Waals surface area contributed by atoms with Crippen LogP contribution in [0.2, 0.25) is 0 Å². The number of para-hydroxylation sites is 1. The molecule has 0 unspecified atom stereocenters. The van der Waals surface area contributed by atoms with Crippen molar-refractivity contribution >= 4 is 10.9 Å². The topological polar surface area (TPSA) is 19.0 Å². The molecule has 0 saturated heterocycles. The monoisotopic (exact) mass is 332 g/mol. The van der Waals surface area contributed by atoms with Crippen LogP contribution in [0.15, 0.2) is 60.8 Å². The molecule has 1 aliphatic carbocycles. The summed E-state index contributed by atoms with van der Waals surface area (Å²) in [4.78, 5) is 6.16. The zero-order valence-electron chi connectivity index (χ0n) is 15.0. The maximum Gasteiger partial charge on any atom is 0.0456 e. The predicted octanol–water partition coefficient (Wildman–Crippen LogP) is 5.55. The maximum atomic E-state index is 3.42. The summed E-state index contributed by atoms with van der Waals surface area (Å²) in [5.41, 5.74) is 4.14. The number of aromatic nitrogens is 1. The number of hydrogen-bond acceptors (Lipinski definition) is 1. The molecule has 0 atom stereocenters. The number of nitrogens with one attached hydrogen (secondary N) is 1. The van der Waals surface area contributed by atoms with Crippen molar-refractivity contribution in [1.29, 1.82) is 0 Å². The molecule has 2 aromatic carbocycles. The molecule has 1 fully saturated rings. The number of fused-ring (bicyclic) bond motifs is 1. The van der Waals surface area contributed by atoms with Gasteiger partial charge in [-0.2, -0.15) is 0 Å². The second-order valence-electron chi connectivity index (χ2n) is 7.36. The molecule has 1 aromatic heterocycles. The second kappa shape index (κ2) is 7.88. The first-order chi connectivity index (χ1) is 12.4. The fourth-order valence-electron chi connectivity index (χ4n) is 4.26. The van der Waals surface area contributed by atoms with Gasteiger partial charge in [-0.25, -0.2) is 0 Å². The fourth-order valence-corrected chi connectivity index (χ4v) is 4.26. The minimum atomic E-state index is 0.749. The maximum absolute atomic E-state index is 3.42. The highest BCUT2D eigenvalue weighted by molar-refractivity contribution is 5.83. The normalized spacial score (nSPS) is 15.9. The molecule has 1 saturated carbocycles. The van der Waals surface area contributed by atoms with Gasteiger partial charge < -0.3 is 4.98 Å². The van der Waals surface area contributed by atoms with Crippen molar-refractivity contribution in [1.82, 2.24) is 9.88 Å². The summed E-state index contributed by atoms with van der Waals surface area (Å²) in [6.45, 7) is 2.22. The lowest BCUT2D eigenvalue weighted by Gasteiger charge is -2.34. The first kappa shape index (κ1) is 16.4. The molecule has 1 aliphatic rings. The zero-order chi connectivity index (χ0) is 16.9. The van der Waals surface area contributed by atoms with E-state index in [2.05, 4.69) is 70.7 Å². The van der Waals surface area contributed by atoms with Gasteiger partial charge in [0, 0.05) is 36.2 Å². The van der Waals surface area contributed by atoms with Crippen LogP contribution in [0.1, 0.15) is 43.2 Å². The lowest BCUT2D eigenvalue weighted by molar-refractivity contribution is 0.150. The summed E-state index contributed by atoms with van der Waals surface area (Å²) in [6.07, 6.45) is 10.2. The SMILES string of the molecule is c1ccc(CN(CCc2c[nH]c3ccccc23)C2CCCCC2)cc1. The molecule has 0 aliphatic heterocycles. The van der Waals surface area contributed by atoms with Crippen LogP contribution in [-0.4, -0.2) is 22.5 Å². The Bertz CT molecular complexity index is 784. The summed E-state index contributed by atoms with van der Waals surface area (Å²) in [6, 6.07) is 20.4. The first-order valence-electron chi connectivity index (χ1n) is 9.73. The van der Waals surface area contributed by atoms with Crippen molar-refractivity contribution < 1.29 is 0 Å². The van der Waals surface area contributed by atoms with Crippen molar-refractivity contribution in [2.75, 3.05) is 6.54 Å². The Morgan fingerprint density at radius 3 is 2.48 bits per heavy atom. The highest BCUT2D eigenvalue weighted by Gasteiger charge is 2.21. The van der Waals surface area contributed by atoms with Gasteiger partial charge in [0.15, 0.2) is 0 Å². The van der Waals surface area contributed by atoms with Crippen LogP contribution in [0.4, 0.5) is 0 Å². The Morgan fingerprint density at radius 1 is 0.880 bits per heavy atom. The molecule has 0 amide bonds. The number of nitrogens with zero attached hydrogens (tertiary/aromatic N) is 1. The van der Waals surface area contributed by atoms with Gasteiger partial charge in [-0.3, -0.25) is 4.90 Å². The van der Waals surface area contributed by atoms with Gasteiger partial charge in [-0.05, 0) is 36.5 Å². The Labute approximate surface area is 150 Å². The van der Waals surface area contributed by atoms with Crippen LogP contribution in [0.25, 0.3) is 10.9 Å². The van der Waals surface area contributed by atoms with E-state index in [4.69, 9.17) is 0 Å². The summed E-state index contributed by atoms with van der Waals surface area (Å²) in [5, 5.41) is 1.38. The van der Waals surface area contributed by atoms with Crippen molar-refractivity contribution in [3.05, 3.63) is 71.9 Å². The Hall–Kier alpha value is -2.06. The molecule has 2 heteroatoms. The zero-order valence-corrected chi connectivity index (χ0v) is 15.0. The minimum absolute atomic E-state index is 0.749. The standard InChI is InChI=1S/C23H28N2/c1-3-9-19(10-4-1)18-25(21-11-5-2-6-12-21)16-15-20-17-24-23-14-8-7-13-22(20)23/h1,3-4,7-10,13-14,17,21,24H,2,5-6,11-12,15-16,18H2. The molecule has 25 heavy (non-hydrogen) atoms. The van der Waals surface area contributed by atoms with Crippen molar-refractivity contribution in [3.8, 4) is 0 Å². The van der Waals surface area contributed by atoms with Gasteiger partial charge >= 0.3 is 0 Å². The predicted molar refractivity (Wildman–Crippen MR) is 106 cm³/mol. The van der Waals surface area contributed by atoms with Crippen LogP contribution >= 0.6 is 0 Å². The number of H-pyrrole nitrogens is 1. The van der Waals surface area contributed by atoms with Crippen LogP contribution in [0, 0.1) is 0 Å². The lowest BCUT2D eigenvalue weighted by Crippen LogP contribution is -2.37. The van der Waals surface area contributed by atoms with E-state index in [1.807, 2.05) is 0 Å². The van der Waals surface area contributed by atoms with Gasteiger partial charge in [-0.1, -0.05) is 67.8 Å². The third-order valence-corrected chi connectivity index (χ3v) is 5.66. The molecule has 1 N–H and O–H groups in total. The van der Waals surface area contributed by atoms with Gasteiger partial charge in [-0.15, -0.1) is 0 Å². The molecular formula is C23H28N2. The summed E-state index contributed by atoms with van der Waals surface area (Å²) < 4.78 is 0. The first-order valence-corrected chi connectivity index (χ1v) is 9.73. The smallest absolute Gasteiger partial charge is 0.0456 e. The van der Waals surface area contributed by atoms with Crippen LogP contribution in [0.3, 0.4) is 0 Å². The van der Waals surface area contributed by atoms with E-state index in [0.717, 1.165) is 25.6 Å². The van der Waals surface area contributed by atoms with Gasteiger partial charge in [0.05, 0.1) is 0 Å². The second-order valence-corrected chi connectivity index (χ2v) is 7.36. The number of benzene rings is 2. The number of aromatic amines is 1. The van der Waals surface area contributed by atoms with E-state index >= 15 is 0 Å². The molecule has 0 bridgehead atoms. The molecule has 3 aromatic rings. The average molecular weight is 332 g/mol. The van der Waals surface area contributed by atoms with Crippen molar-refractivity contribution in [3.63, 3.8) is 0 Å². The highest BCUT2D eigenvalue weighted by Crippen LogP contribution is 2.25. The van der Waals surface area contributed by atoms with Crippen LogP contribution in [-0.2, 0) is 13.0 Å². The summed E-state index contributed by atoms with van der Waals surface area (Å²) >= 11 is 0. The molecule has 2 nitrogen and oxygen atoms in total. The van der Waals surface area contributed by atoms with Crippen LogP contribution in [0.5, 0.6) is 0 Å². The largest absolute Gasteiger partial charge is 0.361 e. The molecule has 0 radical (unpaired) electrons. The summed E-state index contributed by atoms with van der Waals surface area (Å²) in [7, 11) is 0. The quantitative estimate of drug-likeness (QED) is 0.627. The van der Waals surface area contributed by atoms with E-state index in [1.54, 1.807) is 0 Å². The minimum Gasteiger partial charge on any atom is -0.361 e. The van der Waals surface area contributed by atoms with Crippen LogP contribution < -0.4 is 0 Å². The molecule has 130 valence electrons. The number of rotatable bonds is 6. The highest BCUT2D eigenvalue weighted by atomic mass is 15.1. The van der Waals surface area contributed by atoms with E-state index in [0.29, 0.717) is 0 Å². The number of hydrogen-bond donors (Lipinski definition) is 1. The third-order valence-electron chi connectivity index (χ3n) is 5.66. The van der Waals surface area contributed by atoms with E-state index in [9.17, 15) is 0 Å². The lowest BCUT2D eigenvalue weighted by atomic mass is 9.93.